The Hall–Kier alpha value is -2.53. The molecule has 24 heavy (non-hydrogen) atoms. The van der Waals surface area contributed by atoms with Crippen LogP contribution in [0, 0.1) is 0 Å². The first-order chi connectivity index (χ1) is 11.6. The minimum absolute atomic E-state index is 0.109. The summed E-state index contributed by atoms with van der Waals surface area (Å²) in [6.07, 6.45) is 1.70. The van der Waals surface area contributed by atoms with Crippen LogP contribution < -0.4 is 11.1 Å². The SMILES string of the molecule is NC1=NC(CCc2cccc(NC(=O)c3ccc(Cl)cc3)c2)CO1. The molecule has 0 saturated heterocycles. The van der Waals surface area contributed by atoms with Crippen molar-refractivity contribution >= 4 is 29.2 Å². The number of halogens is 1. The van der Waals surface area contributed by atoms with Crippen LogP contribution in [0.3, 0.4) is 0 Å². The van der Waals surface area contributed by atoms with E-state index in [1.807, 2.05) is 24.3 Å². The minimum atomic E-state index is -0.162. The van der Waals surface area contributed by atoms with E-state index in [2.05, 4.69) is 10.3 Å². The number of anilines is 1. The van der Waals surface area contributed by atoms with Crippen molar-refractivity contribution in [1.82, 2.24) is 0 Å². The van der Waals surface area contributed by atoms with Crippen LogP contribution in [-0.2, 0) is 11.2 Å². The molecule has 2 aromatic carbocycles. The number of aliphatic imine (C=N–C) groups is 1. The largest absolute Gasteiger partial charge is 0.463 e. The Morgan fingerprint density at radius 2 is 2.08 bits per heavy atom. The predicted octanol–water partition coefficient (Wildman–Crippen LogP) is 3.24. The fourth-order valence-electron chi connectivity index (χ4n) is 2.53. The van der Waals surface area contributed by atoms with Gasteiger partial charge in [0, 0.05) is 16.3 Å². The third-order valence-corrected chi connectivity index (χ3v) is 4.04. The van der Waals surface area contributed by atoms with E-state index in [1.165, 1.54) is 0 Å². The lowest BCUT2D eigenvalue weighted by atomic mass is 10.1. The number of rotatable bonds is 5. The molecule has 0 aromatic heterocycles. The smallest absolute Gasteiger partial charge is 0.282 e. The predicted molar refractivity (Wildman–Crippen MR) is 95.5 cm³/mol. The van der Waals surface area contributed by atoms with Gasteiger partial charge < -0.3 is 15.8 Å². The molecule has 124 valence electrons. The zero-order chi connectivity index (χ0) is 16.9. The first-order valence-corrected chi connectivity index (χ1v) is 8.10. The molecule has 1 atom stereocenters. The molecule has 0 aliphatic carbocycles. The van der Waals surface area contributed by atoms with Crippen molar-refractivity contribution in [3.63, 3.8) is 0 Å². The molecule has 2 aromatic rings. The van der Waals surface area contributed by atoms with Gasteiger partial charge in [0.05, 0.1) is 6.04 Å². The van der Waals surface area contributed by atoms with Gasteiger partial charge in [-0.15, -0.1) is 0 Å². The Morgan fingerprint density at radius 3 is 2.79 bits per heavy atom. The number of aryl methyl sites for hydroxylation is 1. The second kappa shape index (κ2) is 7.36. The number of nitrogens with one attached hydrogen (secondary N) is 1. The average Bonchev–Trinajstić information content (AvgIpc) is 2.99. The number of nitrogens with zero attached hydrogens (tertiary/aromatic N) is 1. The van der Waals surface area contributed by atoms with E-state index in [0.717, 1.165) is 24.1 Å². The van der Waals surface area contributed by atoms with E-state index in [9.17, 15) is 4.79 Å². The van der Waals surface area contributed by atoms with E-state index in [-0.39, 0.29) is 18.0 Å². The van der Waals surface area contributed by atoms with Crippen LogP contribution in [0.5, 0.6) is 0 Å². The van der Waals surface area contributed by atoms with Gasteiger partial charge in [0.15, 0.2) is 0 Å². The molecule has 1 heterocycles. The molecule has 0 spiro atoms. The molecule has 0 radical (unpaired) electrons. The summed E-state index contributed by atoms with van der Waals surface area (Å²) in [6.45, 7) is 0.541. The highest BCUT2D eigenvalue weighted by Crippen LogP contribution is 2.17. The highest BCUT2D eigenvalue weighted by Gasteiger charge is 2.16. The summed E-state index contributed by atoms with van der Waals surface area (Å²) in [5.74, 6) is -0.162. The molecule has 0 saturated carbocycles. The van der Waals surface area contributed by atoms with E-state index in [0.29, 0.717) is 17.2 Å². The maximum absolute atomic E-state index is 12.2. The zero-order valence-electron chi connectivity index (χ0n) is 13.0. The Morgan fingerprint density at radius 1 is 1.29 bits per heavy atom. The van der Waals surface area contributed by atoms with Gasteiger partial charge in [-0.25, -0.2) is 4.99 Å². The second-order valence-corrected chi connectivity index (χ2v) is 6.07. The van der Waals surface area contributed by atoms with E-state index >= 15 is 0 Å². The van der Waals surface area contributed by atoms with Gasteiger partial charge in [-0.05, 0) is 54.8 Å². The van der Waals surface area contributed by atoms with Crippen LogP contribution >= 0.6 is 11.6 Å². The van der Waals surface area contributed by atoms with Gasteiger partial charge in [0.25, 0.3) is 11.9 Å². The molecule has 3 N–H and O–H groups in total. The number of nitrogens with two attached hydrogens (primary N) is 1. The second-order valence-electron chi connectivity index (χ2n) is 5.63. The molecule has 1 unspecified atom stereocenters. The summed E-state index contributed by atoms with van der Waals surface area (Å²) < 4.78 is 5.15. The molecule has 1 aliphatic heterocycles. The van der Waals surface area contributed by atoms with E-state index in [1.54, 1.807) is 24.3 Å². The van der Waals surface area contributed by atoms with Gasteiger partial charge in [-0.1, -0.05) is 23.7 Å². The van der Waals surface area contributed by atoms with Crippen molar-refractivity contribution in [3.05, 3.63) is 64.7 Å². The van der Waals surface area contributed by atoms with Crippen LogP contribution in [0.4, 0.5) is 5.69 Å². The number of carbonyl (C=O) groups excluding carboxylic acids is 1. The minimum Gasteiger partial charge on any atom is -0.463 e. The molecular formula is C18H18ClN3O2. The summed E-state index contributed by atoms with van der Waals surface area (Å²) >= 11 is 5.84. The number of amidine groups is 1. The van der Waals surface area contributed by atoms with E-state index in [4.69, 9.17) is 22.1 Å². The lowest BCUT2D eigenvalue weighted by molar-refractivity contribution is 0.102. The van der Waals surface area contributed by atoms with E-state index < -0.39 is 0 Å². The fourth-order valence-corrected chi connectivity index (χ4v) is 2.65. The highest BCUT2D eigenvalue weighted by atomic mass is 35.5. The van der Waals surface area contributed by atoms with Crippen molar-refractivity contribution < 1.29 is 9.53 Å². The Bertz CT molecular complexity index is 759. The van der Waals surface area contributed by atoms with Gasteiger partial charge in [-0.2, -0.15) is 0 Å². The van der Waals surface area contributed by atoms with Crippen molar-refractivity contribution in [2.75, 3.05) is 11.9 Å². The molecular weight excluding hydrogens is 326 g/mol. The third-order valence-electron chi connectivity index (χ3n) is 3.79. The number of ether oxygens (including phenoxy) is 1. The fraction of sp³-hybridized carbons (Fsp3) is 0.222. The van der Waals surface area contributed by atoms with Crippen LogP contribution in [0.25, 0.3) is 0 Å². The molecule has 1 amide bonds. The van der Waals surface area contributed by atoms with Crippen LogP contribution in [-0.4, -0.2) is 24.6 Å². The van der Waals surface area contributed by atoms with Crippen LogP contribution in [0.15, 0.2) is 53.5 Å². The normalized spacial score (nSPS) is 16.4. The lowest BCUT2D eigenvalue weighted by Crippen LogP contribution is -2.12. The average molecular weight is 344 g/mol. The summed E-state index contributed by atoms with van der Waals surface area (Å²) in [5.41, 5.74) is 7.97. The van der Waals surface area contributed by atoms with Crippen molar-refractivity contribution in [1.29, 1.82) is 0 Å². The van der Waals surface area contributed by atoms with Gasteiger partial charge >= 0.3 is 0 Å². The summed E-state index contributed by atoms with van der Waals surface area (Å²) in [5, 5.41) is 3.50. The van der Waals surface area contributed by atoms with Gasteiger partial charge in [-0.3, -0.25) is 4.79 Å². The monoisotopic (exact) mass is 343 g/mol. The first kappa shape index (κ1) is 16.3. The molecule has 0 fully saturated rings. The number of hydrogen-bond donors (Lipinski definition) is 2. The van der Waals surface area contributed by atoms with Gasteiger partial charge in [0.2, 0.25) is 0 Å². The molecule has 5 nitrogen and oxygen atoms in total. The van der Waals surface area contributed by atoms with Crippen molar-refractivity contribution in [2.45, 2.75) is 18.9 Å². The Labute approximate surface area is 145 Å². The van der Waals surface area contributed by atoms with Crippen molar-refractivity contribution in [3.8, 4) is 0 Å². The Balaban J connectivity index is 1.60. The third kappa shape index (κ3) is 4.26. The van der Waals surface area contributed by atoms with Crippen LogP contribution in [0.2, 0.25) is 5.02 Å². The number of benzene rings is 2. The summed E-state index contributed by atoms with van der Waals surface area (Å²) in [4.78, 5) is 16.5. The molecule has 0 bridgehead atoms. The zero-order valence-corrected chi connectivity index (χ0v) is 13.8. The molecule has 3 rings (SSSR count). The number of amides is 1. The molecule has 6 heteroatoms. The van der Waals surface area contributed by atoms with Crippen LogP contribution in [0.1, 0.15) is 22.3 Å². The summed E-state index contributed by atoms with van der Waals surface area (Å²) in [6, 6.07) is 15.0. The highest BCUT2D eigenvalue weighted by molar-refractivity contribution is 6.30. The quantitative estimate of drug-likeness (QED) is 0.875. The Kier molecular flexibility index (Phi) is 5.01. The first-order valence-electron chi connectivity index (χ1n) is 7.72. The lowest BCUT2D eigenvalue weighted by Gasteiger charge is -2.09. The number of hydrogen-bond acceptors (Lipinski definition) is 4. The van der Waals surface area contributed by atoms with Gasteiger partial charge in [0.1, 0.15) is 6.61 Å². The summed E-state index contributed by atoms with van der Waals surface area (Å²) in [7, 11) is 0. The standard InChI is InChI=1S/C18H18ClN3O2/c19-14-7-5-13(6-8-14)17(23)21-15-3-1-2-12(10-15)4-9-16-11-24-18(20)22-16/h1-3,5-8,10,16H,4,9,11H2,(H2,20,22)(H,21,23). The number of carbonyl (C=O) groups is 1. The molecule has 1 aliphatic rings. The van der Waals surface area contributed by atoms with Crippen molar-refractivity contribution in [2.24, 2.45) is 10.7 Å². The maximum Gasteiger partial charge on any atom is 0.282 e. The maximum atomic E-state index is 12.2. The topological polar surface area (TPSA) is 76.7 Å².